The number of nitrogens with zero attached hydrogens (tertiary/aromatic N) is 2. The van der Waals surface area contributed by atoms with Crippen molar-refractivity contribution in [2.45, 2.75) is 86.2 Å². The molecular weight excluding hydrogens is 344 g/mol. The number of hydrogen-bond donors (Lipinski definition) is 0. The van der Waals surface area contributed by atoms with Gasteiger partial charge in [0.15, 0.2) is 0 Å². The van der Waals surface area contributed by atoms with Crippen LogP contribution in [0.15, 0.2) is 22.8 Å². The fourth-order valence-corrected chi connectivity index (χ4v) is 4.90. The number of piperidine rings is 1. The van der Waals surface area contributed by atoms with E-state index >= 15 is 0 Å². The molecule has 0 bridgehead atoms. The minimum Gasteiger partial charge on any atom is -0.379 e. The molecule has 162 valence electrons. The molecule has 0 radical (unpaired) electrons. The maximum absolute atomic E-state index is 5.50. The van der Waals surface area contributed by atoms with Gasteiger partial charge in [0.25, 0.3) is 0 Å². The van der Waals surface area contributed by atoms with Gasteiger partial charge in [0.05, 0.1) is 13.2 Å². The summed E-state index contributed by atoms with van der Waals surface area (Å²) in [5.41, 5.74) is 4.79. The van der Waals surface area contributed by atoms with Gasteiger partial charge in [-0.05, 0) is 70.8 Å². The predicted octanol–water partition coefficient (Wildman–Crippen LogP) is 5.53. The molecule has 2 aliphatic heterocycles. The van der Waals surface area contributed by atoms with Crippen molar-refractivity contribution in [3.8, 4) is 0 Å². The second kappa shape index (κ2) is 11.5. The molecule has 3 unspecified atom stereocenters. The van der Waals surface area contributed by atoms with Gasteiger partial charge in [0, 0.05) is 38.3 Å². The predicted molar refractivity (Wildman–Crippen MR) is 122 cm³/mol. The fourth-order valence-electron chi connectivity index (χ4n) is 4.90. The molecule has 0 aromatic carbocycles. The monoisotopic (exact) mass is 390 g/mol. The smallest absolute Gasteiger partial charge is 0.0594 e. The number of rotatable bonds is 8. The third-order valence-corrected chi connectivity index (χ3v) is 7.40. The van der Waals surface area contributed by atoms with Crippen LogP contribution >= 0.6 is 0 Å². The highest BCUT2D eigenvalue weighted by atomic mass is 16.5. The Morgan fingerprint density at radius 1 is 1.04 bits per heavy atom. The standard InChI is InChI=1S/C25H46N2O/c1-8-19(3)21(5)16-25(20(4)9-2)24-17-22(6)27(23(7)18-24)11-10-26-12-14-28-15-13-26/h16,19,22-24H,8-15,17-18H2,1-7H3/b21-16-,25-20?. The summed E-state index contributed by atoms with van der Waals surface area (Å²) in [5.74, 6) is 1.40. The summed E-state index contributed by atoms with van der Waals surface area (Å²) in [6.07, 6.45) is 7.54. The maximum atomic E-state index is 5.50. The van der Waals surface area contributed by atoms with E-state index in [4.69, 9.17) is 4.74 Å². The van der Waals surface area contributed by atoms with E-state index < -0.39 is 0 Å². The third-order valence-electron chi connectivity index (χ3n) is 7.40. The molecule has 3 nitrogen and oxygen atoms in total. The van der Waals surface area contributed by atoms with Crippen LogP contribution in [0.5, 0.6) is 0 Å². The van der Waals surface area contributed by atoms with Gasteiger partial charge in [-0.25, -0.2) is 0 Å². The first-order chi connectivity index (χ1) is 13.4. The lowest BCUT2D eigenvalue weighted by atomic mass is 9.78. The van der Waals surface area contributed by atoms with Gasteiger partial charge >= 0.3 is 0 Å². The SMILES string of the molecule is CCC(C)=C(/C=C(/C)C(C)CC)C1CC(C)N(CCN2CCOCC2)C(C)C1. The second-order valence-electron chi connectivity index (χ2n) is 9.35. The number of likely N-dealkylation sites (tertiary alicyclic amines) is 1. The van der Waals surface area contributed by atoms with Gasteiger partial charge in [-0.1, -0.05) is 38.0 Å². The molecule has 0 N–H and O–H groups in total. The minimum atomic E-state index is 0.659. The average molecular weight is 391 g/mol. The van der Waals surface area contributed by atoms with Crippen molar-refractivity contribution in [1.29, 1.82) is 0 Å². The van der Waals surface area contributed by atoms with Crippen molar-refractivity contribution in [2.24, 2.45) is 11.8 Å². The van der Waals surface area contributed by atoms with Crippen molar-refractivity contribution in [2.75, 3.05) is 39.4 Å². The maximum Gasteiger partial charge on any atom is 0.0594 e. The first-order valence-electron chi connectivity index (χ1n) is 11.8. The first kappa shape index (κ1) is 23.6. The molecule has 0 aromatic rings. The highest BCUT2D eigenvalue weighted by Crippen LogP contribution is 2.36. The Morgan fingerprint density at radius 2 is 1.64 bits per heavy atom. The van der Waals surface area contributed by atoms with E-state index in [1.807, 2.05) is 0 Å². The lowest BCUT2D eigenvalue weighted by molar-refractivity contribution is 0.0195. The second-order valence-corrected chi connectivity index (χ2v) is 9.35. The Balaban J connectivity index is 2.05. The Labute approximate surface area is 175 Å². The van der Waals surface area contributed by atoms with Crippen molar-refractivity contribution >= 4 is 0 Å². The molecule has 0 aliphatic carbocycles. The summed E-state index contributed by atoms with van der Waals surface area (Å²) < 4.78 is 5.50. The van der Waals surface area contributed by atoms with E-state index in [-0.39, 0.29) is 0 Å². The molecule has 28 heavy (non-hydrogen) atoms. The zero-order valence-corrected chi connectivity index (χ0v) is 19.8. The molecule has 2 heterocycles. The van der Waals surface area contributed by atoms with E-state index in [0.29, 0.717) is 23.9 Å². The molecule has 2 fully saturated rings. The molecule has 3 heteroatoms. The molecule has 0 saturated carbocycles. The van der Waals surface area contributed by atoms with Crippen molar-refractivity contribution in [1.82, 2.24) is 9.80 Å². The molecule has 3 atom stereocenters. The zero-order chi connectivity index (χ0) is 20.7. The summed E-state index contributed by atoms with van der Waals surface area (Å²) in [4.78, 5) is 5.33. The molecule has 2 rings (SSSR count). The van der Waals surface area contributed by atoms with Crippen molar-refractivity contribution in [3.05, 3.63) is 22.8 Å². The quantitative estimate of drug-likeness (QED) is 0.507. The van der Waals surface area contributed by atoms with Crippen LogP contribution in [-0.4, -0.2) is 61.3 Å². The molecule has 2 saturated heterocycles. The van der Waals surface area contributed by atoms with Crippen LogP contribution in [0, 0.1) is 11.8 Å². The van der Waals surface area contributed by atoms with E-state index in [1.54, 1.807) is 16.7 Å². The van der Waals surface area contributed by atoms with Gasteiger partial charge in [0.1, 0.15) is 0 Å². The van der Waals surface area contributed by atoms with Crippen LogP contribution in [0.1, 0.15) is 74.1 Å². The van der Waals surface area contributed by atoms with E-state index in [9.17, 15) is 0 Å². The number of hydrogen-bond acceptors (Lipinski definition) is 3. The van der Waals surface area contributed by atoms with Gasteiger partial charge < -0.3 is 4.74 Å². The van der Waals surface area contributed by atoms with Crippen molar-refractivity contribution < 1.29 is 4.74 Å². The number of allylic oxidation sites excluding steroid dienone is 4. The number of ether oxygens (including phenoxy) is 1. The molecule has 0 aromatic heterocycles. The van der Waals surface area contributed by atoms with Gasteiger partial charge in [-0.2, -0.15) is 0 Å². The Bertz CT molecular complexity index is 521. The molecular formula is C25H46N2O. The summed E-state index contributed by atoms with van der Waals surface area (Å²) in [7, 11) is 0. The average Bonchev–Trinajstić information content (AvgIpc) is 2.70. The molecule has 0 amide bonds. The topological polar surface area (TPSA) is 15.7 Å². The largest absolute Gasteiger partial charge is 0.379 e. The summed E-state index contributed by atoms with van der Waals surface area (Å²) >= 11 is 0. The number of morpholine rings is 1. The first-order valence-corrected chi connectivity index (χ1v) is 11.8. The van der Waals surface area contributed by atoms with Crippen LogP contribution < -0.4 is 0 Å². The van der Waals surface area contributed by atoms with E-state index in [2.05, 4.69) is 64.3 Å². The van der Waals surface area contributed by atoms with Crippen LogP contribution in [0.3, 0.4) is 0 Å². The minimum absolute atomic E-state index is 0.659. The normalized spacial score (nSPS) is 30.2. The van der Waals surface area contributed by atoms with E-state index in [0.717, 1.165) is 26.3 Å². The van der Waals surface area contributed by atoms with E-state index in [1.165, 1.54) is 38.8 Å². The Hall–Kier alpha value is -0.640. The van der Waals surface area contributed by atoms with Crippen molar-refractivity contribution in [3.63, 3.8) is 0 Å². The highest BCUT2D eigenvalue weighted by Gasteiger charge is 2.32. The van der Waals surface area contributed by atoms with Crippen LogP contribution in [-0.2, 0) is 4.74 Å². The van der Waals surface area contributed by atoms with Gasteiger partial charge in [0.2, 0.25) is 0 Å². The summed E-state index contributed by atoms with van der Waals surface area (Å²) in [6, 6.07) is 1.32. The lowest BCUT2D eigenvalue weighted by Crippen LogP contribution is -2.50. The van der Waals surface area contributed by atoms with Crippen LogP contribution in [0.2, 0.25) is 0 Å². The third kappa shape index (κ3) is 6.43. The highest BCUT2D eigenvalue weighted by molar-refractivity contribution is 5.31. The fraction of sp³-hybridized carbons (Fsp3) is 0.840. The molecule has 0 spiro atoms. The zero-order valence-electron chi connectivity index (χ0n) is 19.8. The lowest BCUT2D eigenvalue weighted by Gasteiger charge is -2.44. The summed E-state index contributed by atoms with van der Waals surface area (Å²) in [5, 5.41) is 0. The van der Waals surface area contributed by atoms with Gasteiger partial charge in [-0.15, -0.1) is 0 Å². The Kier molecular flexibility index (Phi) is 9.73. The molecule has 2 aliphatic rings. The van der Waals surface area contributed by atoms with Crippen LogP contribution in [0.4, 0.5) is 0 Å². The summed E-state index contributed by atoms with van der Waals surface area (Å²) in [6.45, 7) is 23.0. The Morgan fingerprint density at radius 3 is 2.18 bits per heavy atom. The van der Waals surface area contributed by atoms with Crippen LogP contribution in [0.25, 0.3) is 0 Å². The van der Waals surface area contributed by atoms with Gasteiger partial charge in [-0.3, -0.25) is 9.80 Å².